The van der Waals surface area contributed by atoms with Crippen LogP contribution in [0.15, 0.2) is 23.8 Å². The van der Waals surface area contributed by atoms with Crippen molar-refractivity contribution >= 4 is 17.9 Å². The molecule has 3 fully saturated rings. The number of methoxy groups -OCH3 is 2. The number of epoxide rings is 1. The minimum Gasteiger partial charge on any atom is -0.467 e. The molecule has 0 unspecified atom stereocenters. The number of nitrogens with zero attached hydrogens (tertiary/aromatic N) is 2. The number of aliphatic hydroxyl groups excluding tert-OH is 1. The standard InChI is InChI=1S/C38H66N4O8/c1-25(24-38(6)35(50-38)28(4)34(47-8)29(5)43)13-12-14-26(2)33-27(3)16-17-30(49-33)23-32(44)40-31(36(45)48-9)15-10-11-18-39-37(46)42-21-19-41(7)20-22-42/h12-14,25,27-31,33-35,43H,10-11,15-24H2,1-9H3,(H,39,46)(H,40,44)/b13-12+,26-14+/t25-,27+,28-,29-,30-,31-,33-,34-,35-,38-/m1/s1. The van der Waals surface area contributed by atoms with Gasteiger partial charge in [0.15, 0.2) is 0 Å². The van der Waals surface area contributed by atoms with Crippen LogP contribution in [-0.4, -0.2) is 129 Å². The summed E-state index contributed by atoms with van der Waals surface area (Å²) in [5, 5.41) is 15.9. The lowest BCUT2D eigenvalue weighted by Crippen LogP contribution is -2.50. The second kappa shape index (κ2) is 19.9. The molecule has 0 aromatic rings. The molecular weight excluding hydrogens is 640 g/mol. The van der Waals surface area contributed by atoms with Crippen molar-refractivity contribution in [3.05, 3.63) is 23.8 Å². The lowest BCUT2D eigenvalue weighted by atomic mass is 9.85. The van der Waals surface area contributed by atoms with E-state index < -0.39 is 18.1 Å². The van der Waals surface area contributed by atoms with Gasteiger partial charge in [-0.2, -0.15) is 0 Å². The van der Waals surface area contributed by atoms with Gasteiger partial charge in [-0.3, -0.25) is 4.79 Å². The number of hydrogen-bond acceptors (Lipinski definition) is 9. The topological polar surface area (TPSA) is 142 Å². The number of allylic oxidation sites excluding steroid dienone is 3. The van der Waals surface area contributed by atoms with Crippen molar-refractivity contribution in [2.45, 2.75) is 129 Å². The number of amides is 3. The van der Waals surface area contributed by atoms with Gasteiger partial charge in [0.05, 0.1) is 49.7 Å². The summed E-state index contributed by atoms with van der Waals surface area (Å²) in [5.74, 6) is -0.00123. The molecule has 3 amide bonds. The predicted octanol–water partition coefficient (Wildman–Crippen LogP) is 4.06. The van der Waals surface area contributed by atoms with E-state index in [1.807, 2.05) is 11.9 Å². The summed E-state index contributed by atoms with van der Waals surface area (Å²) in [6.07, 6.45) is 9.82. The van der Waals surface area contributed by atoms with Crippen molar-refractivity contribution in [1.29, 1.82) is 0 Å². The number of aliphatic hydroxyl groups is 1. The van der Waals surface area contributed by atoms with Crippen molar-refractivity contribution in [2.75, 3.05) is 54.0 Å². The first-order valence-electron chi connectivity index (χ1n) is 18.7. The molecule has 0 saturated carbocycles. The Hall–Kier alpha value is -2.51. The summed E-state index contributed by atoms with van der Waals surface area (Å²) >= 11 is 0. The fraction of sp³-hybridized carbons (Fsp3) is 0.816. The maximum Gasteiger partial charge on any atom is 0.328 e. The van der Waals surface area contributed by atoms with Gasteiger partial charge in [-0.1, -0.05) is 39.0 Å². The highest BCUT2D eigenvalue weighted by Gasteiger charge is 2.56. The molecule has 3 heterocycles. The largest absolute Gasteiger partial charge is 0.467 e. The number of ether oxygens (including phenoxy) is 4. The Labute approximate surface area is 300 Å². The molecule has 50 heavy (non-hydrogen) atoms. The van der Waals surface area contributed by atoms with Crippen LogP contribution in [-0.2, 0) is 28.5 Å². The molecule has 0 aliphatic carbocycles. The number of urea groups is 1. The lowest BCUT2D eigenvalue weighted by molar-refractivity contribution is -0.146. The van der Waals surface area contributed by atoms with Crippen LogP contribution in [0.4, 0.5) is 4.79 Å². The first-order chi connectivity index (χ1) is 23.7. The average molecular weight is 707 g/mol. The van der Waals surface area contributed by atoms with Gasteiger partial charge in [0.25, 0.3) is 0 Å². The monoisotopic (exact) mass is 706 g/mol. The predicted molar refractivity (Wildman–Crippen MR) is 194 cm³/mol. The van der Waals surface area contributed by atoms with Gasteiger partial charge in [-0.05, 0) is 83.8 Å². The smallest absolute Gasteiger partial charge is 0.328 e. The highest BCUT2D eigenvalue weighted by molar-refractivity contribution is 5.84. The fourth-order valence-electron chi connectivity index (χ4n) is 7.66. The van der Waals surface area contributed by atoms with E-state index in [0.717, 1.165) is 51.0 Å². The van der Waals surface area contributed by atoms with E-state index in [1.165, 1.54) is 7.11 Å². The van der Waals surface area contributed by atoms with E-state index in [4.69, 9.17) is 18.9 Å². The minimum absolute atomic E-state index is 0.0511. The fourth-order valence-corrected chi connectivity index (χ4v) is 7.66. The van der Waals surface area contributed by atoms with Gasteiger partial charge < -0.3 is 44.5 Å². The number of nitrogens with one attached hydrogen (secondary N) is 2. The molecule has 3 N–H and O–H groups in total. The van der Waals surface area contributed by atoms with Gasteiger partial charge >= 0.3 is 12.0 Å². The van der Waals surface area contributed by atoms with E-state index in [1.54, 1.807) is 14.0 Å². The molecule has 0 bridgehead atoms. The molecule has 0 spiro atoms. The van der Waals surface area contributed by atoms with Crippen LogP contribution in [0.1, 0.15) is 86.5 Å². The third kappa shape index (κ3) is 12.6. The zero-order valence-electron chi connectivity index (χ0n) is 32.1. The van der Waals surface area contributed by atoms with Crippen LogP contribution in [0.5, 0.6) is 0 Å². The Morgan fingerprint density at radius 3 is 2.42 bits per heavy atom. The van der Waals surface area contributed by atoms with Gasteiger partial charge in [-0.15, -0.1) is 0 Å². The molecule has 3 aliphatic rings. The molecular formula is C38H66N4O8. The lowest BCUT2D eigenvalue weighted by Gasteiger charge is -2.35. The number of piperazine rings is 1. The number of carbonyl (C=O) groups is 3. The van der Waals surface area contributed by atoms with E-state index >= 15 is 0 Å². The molecule has 3 saturated heterocycles. The van der Waals surface area contributed by atoms with Crippen LogP contribution in [0.25, 0.3) is 0 Å². The van der Waals surface area contributed by atoms with Crippen LogP contribution in [0.2, 0.25) is 0 Å². The van der Waals surface area contributed by atoms with Crippen molar-refractivity contribution in [1.82, 2.24) is 20.4 Å². The van der Waals surface area contributed by atoms with Crippen molar-refractivity contribution in [2.24, 2.45) is 17.8 Å². The second-order valence-electron chi connectivity index (χ2n) is 15.2. The quantitative estimate of drug-likeness (QED) is 0.0833. The molecule has 12 nitrogen and oxygen atoms in total. The summed E-state index contributed by atoms with van der Waals surface area (Å²) < 4.78 is 23.1. The van der Waals surface area contributed by atoms with Crippen LogP contribution >= 0.6 is 0 Å². The number of carbonyl (C=O) groups excluding carboxylic acids is 3. The molecule has 286 valence electrons. The minimum atomic E-state index is -0.741. The van der Waals surface area contributed by atoms with E-state index in [0.29, 0.717) is 37.6 Å². The maximum atomic E-state index is 13.1. The molecule has 3 rings (SSSR count). The van der Waals surface area contributed by atoms with Crippen molar-refractivity contribution in [3.8, 4) is 0 Å². The number of rotatable bonds is 18. The summed E-state index contributed by atoms with van der Waals surface area (Å²) in [6.45, 7) is 16.1. The van der Waals surface area contributed by atoms with E-state index in [-0.39, 0.29) is 54.3 Å². The van der Waals surface area contributed by atoms with Gasteiger partial charge in [-0.25, -0.2) is 9.59 Å². The number of unbranched alkanes of at least 4 members (excludes halogenated alkanes) is 1. The number of esters is 1. The van der Waals surface area contributed by atoms with E-state index in [9.17, 15) is 19.5 Å². The highest BCUT2D eigenvalue weighted by atomic mass is 16.6. The zero-order valence-corrected chi connectivity index (χ0v) is 32.1. The zero-order chi connectivity index (χ0) is 37.0. The third-order valence-electron chi connectivity index (χ3n) is 10.7. The summed E-state index contributed by atoms with van der Waals surface area (Å²) in [4.78, 5) is 42.0. The SMILES string of the molecule is COC(=O)[C@@H](CCCCNC(=O)N1CCN(C)CC1)NC(=O)C[C@H]1CC[C@H](C)[C@@H](/C(C)=C/C=C/[C@@H](C)C[C@@]2(C)O[C@@H]2[C@H](C)[C@@H](OC)[C@@H](C)O)O1. The Morgan fingerprint density at radius 2 is 1.78 bits per heavy atom. The molecule has 10 atom stereocenters. The van der Waals surface area contributed by atoms with Crippen molar-refractivity contribution < 1.29 is 38.4 Å². The van der Waals surface area contributed by atoms with Gasteiger partial charge in [0.1, 0.15) is 6.04 Å². The van der Waals surface area contributed by atoms with Crippen LogP contribution in [0.3, 0.4) is 0 Å². The Morgan fingerprint density at radius 1 is 1.08 bits per heavy atom. The van der Waals surface area contributed by atoms with E-state index in [2.05, 4.69) is 68.4 Å². The average Bonchev–Trinajstić information content (AvgIpc) is 3.74. The summed E-state index contributed by atoms with van der Waals surface area (Å²) in [6, 6.07) is -0.797. The van der Waals surface area contributed by atoms with Gasteiger partial charge in [0.2, 0.25) is 5.91 Å². The van der Waals surface area contributed by atoms with Crippen LogP contribution < -0.4 is 10.6 Å². The molecule has 0 aromatic carbocycles. The van der Waals surface area contributed by atoms with Crippen LogP contribution in [0, 0.1) is 17.8 Å². The Kier molecular flexibility index (Phi) is 16.7. The summed E-state index contributed by atoms with van der Waals surface area (Å²) in [5.41, 5.74) is 0.871. The normalized spacial score (nSPS) is 29.2. The Bertz CT molecular complexity index is 1160. The first-order valence-corrected chi connectivity index (χ1v) is 18.7. The molecule has 0 aromatic heterocycles. The number of likely N-dealkylation sites (N-methyl/N-ethyl adjacent to an activating group) is 1. The second-order valence-corrected chi connectivity index (χ2v) is 15.2. The number of hydrogen-bond donors (Lipinski definition) is 3. The van der Waals surface area contributed by atoms with Crippen molar-refractivity contribution in [3.63, 3.8) is 0 Å². The molecule has 3 aliphatic heterocycles. The summed E-state index contributed by atoms with van der Waals surface area (Å²) in [7, 11) is 5.01. The Balaban J connectivity index is 1.43. The maximum absolute atomic E-state index is 13.1. The molecule has 0 radical (unpaired) electrons. The molecule has 12 heteroatoms. The third-order valence-corrected chi connectivity index (χ3v) is 10.7. The highest BCUT2D eigenvalue weighted by Crippen LogP contribution is 2.47. The van der Waals surface area contributed by atoms with Gasteiger partial charge in [0, 0.05) is 45.8 Å². The first kappa shape index (κ1) is 41.9.